The lowest BCUT2D eigenvalue weighted by atomic mass is 10.4. The first-order valence-corrected chi connectivity index (χ1v) is 3.23. The maximum atomic E-state index is 10.6. The summed E-state index contributed by atoms with van der Waals surface area (Å²) in [6.45, 7) is -0.564. The zero-order valence-corrected chi connectivity index (χ0v) is 5.49. The smallest absolute Gasteiger partial charge is 0.337 e. The minimum absolute atomic E-state index is 0.00583. The molecule has 0 saturated heterocycles. The Kier molecular flexibility index (Phi) is 2.24. The number of carbonyl (C=O) groups is 1. The molecule has 58 valence electrons. The van der Waals surface area contributed by atoms with Gasteiger partial charge in [-0.25, -0.2) is 4.79 Å². The minimum atomic E-state index is -1.36. The van der Waals surface area contributed by atoms with E-state index in [1.165, 1.54) is 0 Å². The highest BCUT2D eigenvalue weighted by Crippen LogP contribution is 2.23. The van der Waals surface area contributed by atoms with E-state index < -0.39 is 18.7 Å². The molecule has 0 aliphatic heterocycles. The van der Waals surface area contributed by atoms with Gasteiger partial charge >= 0.3 is 5.97 Å². The highest BCUT2D eigenvalue weighted by molar-refractivity contribution is 5.74. The van der Waals surface area contributed by atoms with Crippen LogP contribution in [0.25, 0.3) is 0 Å². The van der Waals surface area contributed by atoms with Gasteiger partial charge in [-0.3, -0.25) is 0 Å². The summed E-state index contributed by atoms with van der Waals surface area (Å²) in [5.41, 5.74) is 0. The van der Waals surface area contributed by atoms with Crippen LogP contribution in [-0.2, 0) is 9.53 Å². The molecule has 1 aliphatic rings. The Bertz CT molecular complexity index is 130. The number of aliphatic hydroxyl groups excluding tert-OH is 2. The Morgan fingerprint density at radius 2 is 2.30 bits per heavy atom. The molecule has 0 aromatic heterocycles. The third kappa shape index (κ3) is 1.97. The van der Waals surface area contributed by atoms with Crippen molar-refractivity contribution < 1.29 is 19.7 Å². The van der Waals surface area contributed by atoms with E-state index in [4.69, 9.17) is 10.2 Å². The van der Waals surface area contributed by atoms with Crippen LogP contribution in [0.3, 0.4) is 0 Å². The number of rotatable bonds is 3. The second-order valence-corrected chi connectivity index (χ2v) is 2.33. The molecule has 0 radical (unpaired) electrons. The van der Waals surface area contributed by atoms with Crippen molar-refractivity contribution in [2.24, 2.45) is 0 Å². The SMILES string of the molecule is O=C(OC1CC1)C(O)CO. The molecule has 4 nitrogen and oxygen atoms in total. The zero-order chi connectivity index (χ0) is 7.56. The van der Waals surface area contributed by atoms with Crippen molar-refractivity contribution in [3.05, 3.63) is 0 Å². The van der Waals surface area contributed by atoms with E-state index in [1.54, 1.807) is 0 Å². The van der Waals surface area contributed by atoms with Crippen LogP contribution in [-0.4, -0.2) is 35.0 Å². The van der Waals surface area contributed by atoms with Crippen LogP contribution in [0.15, 0.2) is 0 Å². The molecule has 10 heavy (non-hydrogen) atoms. The number of ether oxygens (including phenoxy) is 1. The van der Waals surface area contributed by atoms with E-state index >= 15 is 0 Å². The van der Waals surface area contributed by atoms with Gasteiger partial charge in [-0.15, -0.1) is 0 Å². The van der Waals surface area contributed by atoms with Crippen LogP contribution >= 0.6 is 0 Å². The maximum Gasteiger partial charge on any atom is 0.337 e. The van der Waals surface area contributed by atoms with E-state index in [0.717, 1.165) is 12.8 Å². The number of hydrogen-bond acceptors (Lipinski definition) is 4. The molecule has 1 atom stereocenters. The first-order valence-electron chi connectivity index (χ1n) is 3.23. The molecule has 0 amide bonds. The Labute approximate surface area is 58.4 Å². The summed E-state index contributed by atoms with van der Waals surface area (Å²) < 4.78 is 4.67. The summed E-state index contributed by atoms with van der Waals surface area (Å²) in [4.78, 5) is 10.6. The van der Waals surface area contributed by atoms with Crippen molar-refractivity contribution in [3.63, 3.8) is 0 Å². The second kappa shape index (κ2) is 2.98. The number of aliphatic hydroxyl groups is 2. The van der Waals surface area contributed by atoms with Gasteiger partial charge in [0.05, 0.1) is 6.61 Å². The summed E-state index contributed by atoms with van der Waals surface area (Å²) in [5.74, 6) is -0.718. The summed E-state index contributed by atoms with van der Waals surface area (Å²) in [6, 6.07) is 0. The van der Waals surface area contributed by atoms with Crippen LogP contribution in [0.5, 0.6) is 0 Å². The van der Waals surface area contributed by atoms with Gasteiger partial charge in [0.2, 0.25) is 0 Å². The van der Waals surface area contributed by atoms with Gasteiger partial charge in [0.15, 0.2) is 6.10 Å². The Morgan fingerprint density at radius 3 is 2.70 bits per heavy atom. The fourth-order valence-electron chi connectivity index (χ4n) is 0.503. The van der Waals surface area contributed by atoms with Crippen molar-refractivity contribution in [2.75, 3.05) is 6.61 Å². The van der Waals surface area contributed by atoms with E-state index in [2.05, 4.69) is 4.74 Å². The first kappa shape index (κ1) is 7.50. The summed E-state index contributed by atoms with van der Waals surface area (Å²) >= 11 is 0. The standard InChI is InChI=1S/C6H10O4/c7-3-5(8)6(9)10-4-1-2-4/h4-5,7-8H,1-3H2. The maximum absolute atomic E-state index is 10.6. The molecule has 1 rings (SSSR count). The summed E-state index contributed by atoms with van der Waals surface area (Å²) in [5, 5.41) is 17.0. The summed E-state index contributed by atoms with van der Waals surface area (Å²) in [6.07, 6.45) is 0.391. The van der Waals surface area contributed by atoms with Crippen LogP contribution < -0.4 is 0 Å². The number of carbonyl (C=O) groups excluding carboxylic acids is 1. The number of hydrogen-bond donors (Lipinski definition) is 2. The normalized spacial score (nSPS) is 20.2. The lowest BCUT2D eigenvalue weighted by Crippen LogP contribution is -2.27. The molecule has 1 fully saturated rings. The van der Waals surface area contributed by atoms with E-state index in [9.17, 15) is 4.79 Å². The Morgan fingerprint density at radius 1 is 1.70 bits per heavy atom. The lowest BCUT2D eigenvalue weighted by molar-refractivity contribution is -0.156. The lowest BCUT2D eigenvalue weighted by Gasteiger charge is -2.05. The predicted octanol–water partition coefficient (Wildman–Crippen LogP) is -0.955. The molecule has 0 bridgehead atoms. The van der Waals surface area contributed by atoms with Gasteiger partial charge in [0, 0.05) is 0 Å². The van der Waals surface area contributed by atoms with Crippen molar-refractivity contribution in [1.29, 1.82) is 0 Å². The third-order valence-corrected chi connectivity index (χ3v) is 1.25. The average Bonchev–Trinajstić information content (AvgIpc) is 2.70. The van der Waals surface area contributed by atoms with Crippen molar-refractivity contribution in [1.82, 2.24) is 0 Å². The molecule has 0 aromatic carbocycles. The van der Waals surface area contributed by atoms with Crippen LogP contribution in [0.4, 0.5) is 0 Å². The fourth-order valence-corrected chi connectivity index (χ4v) is 0.503. The van der Waals surface area contributed by atoms with Crippen LogP contribution in [0.1, 0.15) is 12.8 Å². The van der Waals surface area contributed by atoms with E-state index in [0.29, 0.717) is 0 Å². The summed E-state index contributed by atoms with van der Waals surface area (Å²) in [7, 11) is 0. The molecule has 1 aliphatic carbocycles. The van der Waals surface area contributed by atoms with E-state index in [-0.39, 0.29) is 6.10 Å². The third-order valence-electron chi connectivity index (χ3n) is 1.25. The van der Waals surface area contributed by atoms with Gasteiger partial charge in [-0.1, -0.05) is 0 Å². The highest BCUT2D eigenvalue weighted by atomic mass is 16.6. The van der Waals surface area contributed by atoms with Crippen LogP contribution in [0, 0.1) is 0 Å². The van der Waals surface area contributed by atoms with Crippen molar-refractivity contribution in [3.8, 4) is 0 Å². The van der Waals surface area contributed by atoms with Gasteiger partial charge in [-0.2, -0.15) is 0 Å². The molecule has 2 N–H and O–H groups in total. The molecule has 4 heteroatoms. The van der Waals surface area contributed by atoms with E-state index in [1.807, 2.05) is 0 Å². The largest absolute Gasteiger partial charge is 0.460 e. The van der Waals surface area contributed by atoms with Crippen LogP contribution in [0.2, 0.25) is 0 Å². The molecule has 0 heterocycles. The molecule has 1 saturated carbocycles. The molecule has 0 aromatic rings. The van der Waals surface area contributed by atoms with Crippen molar-refractivity contribution in [2.45, 2.75) is 25.0 Å². The van der Waals surface area contributed by atoms with Gasteiger partial charge < -0.3 is 14.9 Å². The second-order valence-electron chi connectivity index (χ2n) is 2.33. The van der Waals surface area contributed by atoms with Gasteiger partial charge in [0.25, 0.3) is 0 Å². The Balaban J connectivity index is 2.18. The fraction of sp³-hybridized carbons (Fsp3) is 0.833. The molecular weight excluding hydrogens is 136 g/mol. The quantitative estimate of drug-likeness (QED) is 0.503. The number of esters is 1. The van der Waals surface area contributed by atoms with Gasteiger partial charge in [0.1, 0.15) is 6.10 Å². The predicted molar refractivity (Wildman–Crippen MR) is 32.2 cm³/mol. The molecule has 0 spiro atoms. The highest BCUT2D eigenvalue weighted by Gasteiger charge is 2.28. The first-order chi connectivity index (χ1) is 4.74. The van der Waals surface area contributed by atoms with Gasteiger partial charge in [-0.05, 0) is 12.8 Å². The zero-order valence-electron chi connectivity index (χ0n) is 5.49. The average molecular weight is 146 g/mol. The molecule has 1 unspecified atom stereocenters. The van der Waals surface area contributed by atoms with Crippen molar-refractivity contribution >= 4 is 5.97 Å². The monoisotopic (exact) mass is 146 g/mol. The topological polar surface area (TPSA) is 66.8 Å². The Hall–Kier alpha value is -0.610. The minimum Gasteiger partial charge on any atom is -0.460 e. The molecular formula is C6H10O4.